The lowest BCUT2D eigenvalue weighted by Crippen LogP contribution is -2.47. The summed E-state index contributed by atoms with van der Waals surface area (Å²) in [5.74, 6) is -5.14. The molecule has 0 bridgehead atoms. The Balaban J connectivity index is 0.000000192. The monoisotopic (exact) mass is 580 g/mol. The van der Waals surface area contributed by atoms with Crippen molar-refractivity contribution in [1.29, 1.82) is 0 Å². The van der Waals surface area contributed by atoms with Crippen LogP contribution in [0.1, 0.15) is 69.1 Å². The fourth-order valence-corrected chi connectivity index (χ4v) is 4.91. The van der Waals surface area contributed by atoms with Crippen LogP contribution in [0.2, 0.25) is 0 Å². The van der Waals surface area contributed by atoms with E-state index in [1.54, 1.807) is 52.0 Å². The van der Waals surface area contributed by atoms with E-state index in [-0.39, 0.29) is 34.1 Å². The van der Waals surface area contributed by atoms with Gasteiger partial charge in [-0.1, -0.05) is 52.0 Å². The standard InChI is InChI=1S/2C13H13NO4.C4H10N2/c2*1-7(2)10(13(17)18)14-11(15)8-5-3-4-6-9(8)12(14)16;1-2-6-4-3-5-1/h2*3-7,10H,1-2H3,(H,17,18);5-6H,1-4H2. The van der Waals surface area contributed by atoms with Gasteiger partial charge in [0, 0.05) is 26.2 Å². The van der Waals surface area contributed by atoms with Crippen LogP contribution in [0.3, 0.4) is 0 Å². The van der Waals surface area contributed by atoms with Crippen LogP contribution < -0.4 is 10.6 Å². The number of hydrogen-bond acceptors (Lipinski definition) is 8. The second-order valence-electron chi connectivity index (χ2n) is 10.6. The molecular formula is C30H36N4O8. The molecule has 12 nitrogen and oxygen atoms in total. The van der Waals surface area contributed by atoms with E-state index in [0.717, 1.165) is 36.0 Å². The van der Waals surface area contributed by atoms with Crippen LogP contribution in [0.25, 0.3) is 0 Å². The Morgan fingerprint density at radius 2 is 0.810 bits per heavy atom. The summed E-state index contributed by atoms with van der Waals surface area (Å²) in [5.41, 5.74) is 1.09. The number of nitrogens with zero attached hydrogens (tertiary/aromatic N) is 2. The first-order valence-electron chi connectivity index (χ1n) is 13.7. The van der Waals surface area contributed by atoms with Gasteiger partial charge in [-0.3, -0.25) is 29.0 Å². The third-order valence-corrected chi connectivity index (χ3v) is 6.93. The van der Waals surface area contributed by atoms with Crippen molar-refractivity contribution in [2.75, 3.05) is 26.2 Å². The first-order valence-corrected chi connectivity index (χ1v) is 13.7. The van der Waals surface area contributed by atoms with Crippen LogP contribution in [-0.2, 0) is 9.59 Å². The number of imide groups is 2. The summed E-state index contributed by atoms with van der Waals surface area (Å²) in [6, 6.07) is 10.5. The molecule has 3 aliphatic rings. The van der Waals surface area contributed by atoms with Gasteiger partial charge in [-0.25, -0.2) is 9.59 Å². The van der Waals surface area contributed by atoms with Gasteiger partial charge in [0.2, 0.25) is 0 Å². The third-order valence-electron chi connectivity index (χ3n) is 6.93. The van der Waals surface area contributed by atoms with Gasteiger partial charge in [-0.2, -0.15) is 0 Å². The Morgan fingerprint density at radius 1 is 0.571 bits per heavy atom. The van der Waals surface area contributed by atoms with E-state index in [9.17, 15) is 39.0 Å². The number of nitrogens with one attached hydrogen (secondary N) is 2. The van der Waals surface area contributed by atoms with Crippen molar-refractivity contribution < 1.29 is 39.0 Å². The Labute approximate surface area is 243 Å². The molecule has 12 heteroatoms. The summed E-state index contributed by atoms with van der Waals surface area (Å²) >= 11 is 0. The van der Waals surface area contributed by atoms with Crippen LogP contribution in [0.15, 0.2) is 48.5 Å². The number of fused-ring (bicyclic) bond motifs is 2. The number of carboxylic acids is 2. The van der Waals surface area contributed by atoms with Gasteiger partial charge in [0.25, 0.3) is 23.6 Å². The highest BCUT2D eigenvalue weighted by atomic mass is 16.4. The van der Waals surface area contributed by atoms with Gasteiger partial charge in [0.05, 0.1) is 22.3 Å². The summed E-state index contributed by atoms with van der Waals surface area (Å²) in [6.45, 7) is 11.2. The third kappa shape index (κ3) is 6.72. The lowest BCUT2D eigenvalue weighted by Gasteiger charge is -2.25. The van der Waals surface area contributed by atoms with Crippen molar-refractivity contribution in [3.8, 4) is 0 Å². The molecule has 1 saturated heterocycles. The molecule has 3 heterocycles. The summed E-state index contributed by atoms with van der Waals surface area (Å²) in [4.78, 5) is 72.5. The maximum atomic E-state index is 12.1. The summed E-state index contributed by atoms with van der Waals surface area (Å²) in [6.07, 6.45) is 0. The number of benzene rings is 2. The van der Waals surface area contributed by atoms with Crippen molar-refractivity contribution in [2.45, 2.75) is 39.8 Å². The van der Waals surface area contributed by atoms with Crippen molar-refractivity contribution in [3.63, 3.8) is 0 Å². The number of piperazine rings is 1. The molecule has 0 aliphatic carbocycles. The summed E-state index contributed by atoms with van der Waals surface area (Å²) in [7, 11) is 0. The molecule has 0 aromatic heterocycles. The van der Waals surface area contributed by atoms with Crippen LogP contribution in [0.5, 0.6) is 0 Å². The zero-order valence-electron chi connectivity index (χ0n) is 24.0. The molecule has 0 spiro atoms. The molecule has 224 valence electrons. The van der Waals surface area contributed by atoms with Crippen molar-refractivity contribution in [1.82, 2.24) is 20.4 Å². The van der Waals surface area contributed by atoms with E-state index >= 15 is 0 Å². The number of hydrogen-bond donors (Lipinski definition) is 4. The highest BCUT2D eigenvalue weighted by molar-refractivity contribution is 6.23. The molecule has 4 N–H and O–H groups in total. The topological polar surface area (TPSA) is 173 Å². The minimum atomic E-state index is -1.17. The van der Waals surface area contributed by atoms with Crippen LogP contribution >= 0.6 is 0 Å². The molecule has 1 fully saturated rings. The van der Waals surface area contributed by atoms with E-state index in [1.165, 1.54) is 24.3 Å². The van der Waals surface area contributed by atoms with Gasteiger partial charge in [0.15, 0.2) is 0 Å². The average molecular weight is 581 g/mol. The first kappa shape index (κ1) is 32.1. The maximum absolute atomic E-state index is 12.1. The molecule has 4 amide bonds. The second kappa shape index (κ2) is 14.0. The zero-order valence-corrected chi connectivity index (χ0v) is 24.0. The lowest BCUT2D eigenvalue weighted by molar-refractivity contribution is -0.143. The molecule has 0 saturated carbocycles. The first-order chi connectivity index (χ1) is 19.9. The highest BCUT2D eigenvalue weighted by Crippen LogP contribution is 2.28. The van der Waals surface area contributed by atoms with Gasteiger partial charge in [0.1, 0.15) is 12.1 Å². The van der Waals surface area contributed by atoms with E-state index in [0.29, 0.717) is 0 Å². The predicted octanol–water partition coefficient (Wildman–Crippen LogP) is 1.96. The Kier molecular flexibility index (Phi) is 10.7. The molecule has 2 atom stereocenters. The number of aliphatic carboxylic acids is 2. The predicted molar refractivity (Wildman–Crippen MR) is 152 cm³/mol. The zero-order chi connectivity index (χ0) is 31.1. The number of carbonyl (C=O) groups is 6. The van der Waals surface area contributed by atoms with Gasteiger partial charge in [-0.05, 0) is 36.1 Å². The van der Waals surface area contributed by atoms with Gasteiger partial charge < -0.3 is 20.8 Å². The minimum Gasteiger partial charge on any atom is -0.480 e. The molecule has 2 aromatic rings. The Hall–Kier alpha value is -4.42. The molecule has 5 rings (SSSR count). The number of amides is 4. The number of carboxylic acid groups (broad SMARTS) is 2. The fraction of sp³-hybridized carbons (Fsp3) is 0.400. The second-order valence-corrected chi connectivity index (χ2v) is 10.6. The molecular weight excluding hydrogens is 544 g/mol. The molecule has 2 unspecified atom stereocenters. The molecule has 3 aliphatic heterocycles. The number of rotatable bonds is 6. The number of carbonyl (C=O) groups excluding carboxylic acids is 4. The summed E-state index contributed by atoms with van der Waals surface area (Å²) < 4.78 is 0. The van der Waals surface area contributed by atoms with E-state index in [1.807, 2.05) is 0 Å². The van der Waals surface area contributed by atoms with E-state index < -0.39 is 47.7 Å². The lowest BCUT2D eigenvalue weighted by atomic mass is 10.0. The van der Waals surface area contributed by atoms with E-state index in [2.05, 4.69) is 10.6 Å². The quantitative estimate of drug-likeness (QED) is 0.370. The van der Waals surface area contributed by atoms with Crippen LogP contribution in [0.4, 0.5) is 0 Å². The normalized spacial score (nSPS) is 17.2. The largest absolute Gasteiger partial charge is 0.480 e. The van der Waals surface area contributed by atoms with Crippen LogP contribution in [-0.4, -0.2) is 93.8 Å². The molecule has 0 radical (unpaired) electrons. The highest BCUT2D eigenvalue weighted by Gasteiger charge is 2.45. The fourth-order valence-electron chi connectivity index (χ4n) is 4.91. The smallest absolute Gasteiger partial charge is 0.327 e. The Bertz CT molecular complexity index is 1190. The molecule has 42 heavy (non-hydrogen) atoms. The van der Waals surface area contributed by atoms with Crippen molar-refractivity contribution >= 4 is 35.6 Å². The molecule has 2 aromatic carbocycles. The van der Waals surface area contributed by atoms with Crippen molar-refractivity contribution in [2.24, 2.45) is 11.8 Å². The maximum Gasteiger partial charge on any atom is 0.327 e. The van der Waals surface area contributed by atoms with Crippen molar-refractivity contribution in [3.05, 3.63) is 70.8 Å². The minimum absolute atomic E-state index is 0.273. The van der Waals surface area contributed by atoms with Gasteiger partial charge >= 0.3 is 11.9 Å². The summed E-state index contributed by atoms with van der Waals surface area (Å²) in [5, 5.41) is 24.8. The van der Waals surface area contributed by atoms with Gasteiger partial charge in [-0.15, -0.1) is 0 Å². The van der Waals surface area contributed by atoms with E-state index in [4.69, 9.17) is 0 Å². The Morgan fingerprint density at radius 3 is 0.976 bits per heavy atom. The SMILES string of the molecule is C1CNCCN1.CC(C)C(C(=O)O)N1C(=O)c2ccccc2C1=O.CC(C)C(C(=O)O)N1C(=O)c2ccccc2C1=O. The average Bonchev–Trinajstić information content (AvgIpc) is 3.35. The van der Waals surface area contributed by atoms with Crippen LogP contribution in [0, 0.1) is 11.8 Å².